The Bertz CT molecular complexity index is 465. The van der Waals surface area contributed by atoms with E-state index in [4.69, 9.17) is 9.52 Å². The molecule has 1 heterocycles. The Morgan fingerprint density at radius 2 is 2.05 bits per heavy atom. The normalized spacial score (nSPS) is 36.0. The fraction of sp³-hybridized carbons (Fsp3) is 0.750. The lowest BCUT2D eigenvalue weighted by molar-refractivity contribution is 0.119. The molecule has 0 amide bonds. The van der Waals surface area contributed by atoms with E-state index in [0.717, 1.165) is 18.2 Å². The number of hydrogen-bond acceptors (Lipinski definition) is 3. The summed E-state index contributed by atoms with van der Waals surface area (Å²) in [5.41, 5.74) is 0.855. The molecule has 0 aliphatic heterocycles. The fourth-order valence-electron chi connectivity index (χ4n) is 4.34. The Morgan fingerprint density at radius 3 is 2.58 bits per heavy atom. The Morgan fingerprint density at radius 1 is 1.32 bits per heavy atom. The van der Waals surface area contributed by atoms with Crippen LogP contribution in [0.3, 0.4) is 0 Å². The summed E-state index contributed by atoms with van der Waals surface area (Å²) in [6.07, 6.45) is 4.01. The van der Waals surface area contributed by atoms with Crippen molar-refractivity contribution in [1.82, 2.24) is 5.32 Å². The van der Waals surface area contributed by atoms with E-state index in [1.807, 2.05) is 12.1 Å². The molecule has 0 aromatic carbocycles. The van der Waals surface area contributed by atoms with Crippen molar-refractivity contribution in [3.8, 4) is 0 Å². The zero-order chi connectivity index (χ0) is 13.7. The van der Waals surface area contributed by atoms with Gasteiger partial charge >= 0.3 is 0 Å². The van der Waals surface area contributed by atoms with Gasteiger partial charge in [-0.25, -0.2) is 0 Å². The van der Waals surface area contributed by atoms with E-state index >= 15 is 0 Å². The summed E-state index contributed by atoms with van der Waals surface area (Å²) in [5.74, 6) is 2.43. The van der Waals surface area contributed by atoms with Gasteiger partial charge in [0.25, 0.3) is 0 Å². The van der Waals surface area contributed by atoms with Gasteiger partial charge in [-0.3, -0.25) is 0 Å². The molecule has 106 valence electrons. The van der Waals surface area contributed by atoms with E-state index in [9.17, 15) is 0 Å². The number of furan rings is 1. The van der Waals surface area contributed by atoms with Gasteiger partial charge < -0.3 is 14.8 Å². The van der Waals surface area contributed by atoms with Gasteiger partial charge in [0.05, 0.1) is 6.54 Å². The van der Waals surface area contributed by atoms with Crippen molar-refractivity contribution in [3.63, 3.8) is 0 Å². The predicted molar refractivity (Wildman–Crippen MR) is 74.5 cm³/mol. The molecule has 3 rings (SSSR count). The van der Waals surface area contributed by atoms with Gasteiger partial charge in [0.2, 0.25) is 0 Å². The van der Waals surface area contributed by atoms with Crippen LogP contribution in [0.15, 0.2) is 16.5 Å². The van der Waals surface area contributed by atoms with E-state index < -0.39 is 0 Å². The molecule has 2 bridgehead atoms. The zero-order valence-corrected chi connectivity index (χ0v) is 12.2. The molecule has 3 atom stereocenters. The Kier molecular flexibility index (Phi) is 3.02. The van der Waals surface area contributed by atoms with Crippen molar-refractivity contribution in [2.75, 3.05) is 0 Å². The zero-order valence-electron chi connectivity index (χ0n) is 12.2. The number of fused-ring (bicyclic) bond motifs is 2. The summed E-state index contributed by atoms with van der Waals surface area (Å²) in [6, 6.07) is 4.40. The van der Waals surface area contributed by atoms with Crippen LogP contribution >= 0.6 is 0 Å². The molecule has 2 aliphatic carbocycles. The van der Waals surface area contributed by atoms with Crippen molar-refractivity contribution in [2.24, 2.45) is 16.7 Å². The molecule has 3 unspecified atom stereocenters. The maximum absolute atomic E-state index is 9.01. The molecular formula is C16H25NO2. The Labute approximate surface area is 115 Å². The van der Waals surface area contributed by atoms with Crippen molar-refractivity contribution < 1.29 is 9.52 Å². The minimum Gasteiger partial charge on any atom is -0.462 e. The lowest BCUT2D eigenvalue weighted by Crippen LogP contribution is -2.44. The minimum atomic E-state index is -0.0176. The van der Waals surface area contributed by atoms with Gasteiger partial charge in [0.15, 0.2) is 0 Å². The second-order valence-corrected chi connectivity index (χ2v) is 7.07. The maximum Gasteiger partial charge on any atom is 0.129 e. The second kappa shape index (κ2) is 4.35. The number of aliphatic hydroxyl groups excluding tert-OH is 1. The molecule has 1 aromatic heterocycles. The van der Waals surface area contributed by atoms with Gasteiger partial charge in [-0.15, -0.1) is 0 Å². The van der Waals surface area contributed by atoms with Crippen LogP contribution in [-0.2, 0) is 13.2 Å². The van der Waals surface area contributed by atoms with Crippen LogP contribution in [0.2, 0.25) is 0 Å². The summed E-state index contributed by atoms with van der Waals surface area (Å²) in [5, 5.41) is 12.7. The lowest BCUT2D eigenvalue weighted by atomic mass is 9.69. The summed E-state index contributed by atoms with van der Waals surface area (Å²) < 4.78 is 5.55. The molecule has 0 radical (unpaired) electrons. The van der Waals surface area contributed by atoms with E-state index in [1.54, 1.807) is 0 Å². The van der Waals surface area contributed by atoms with Gasteiger partial charge in [0.1, 0.15) is 18.1 Å². The van der Waals surface area contributed by atoms with E-state index in [-0.39, 0.29) is 6.61 Å². The molecule has 3 nitrogen and oxygen atoms in total. The molecule has 1 aromatic rings. The third kappa shape index (κ3) is 1.86. The summed E-state index contributed by atoms with van der Waals surface area (Å²) >= 11 is 0. The molecular weight excluding hydrogens is 238 g/mol. The molecule has 2 saturated carbocycles. The second-order valence-electron chi connectivity index (χ2n) is 7.07. The summed E-state index contributed by atoms with van der Waals surface area (Å²) in [4.78, 5) is 0. The number of aliphatic hydroxyl groups is 1. The number of nitrogens with one attached hydrogen (secondary N) is 1. The summed E-state index contributed by atoms with van der Waals surface area (Å²) in [7, 11) is 0. The molecule has 2 fully saturated rings. The van der Waals surface area contributed by atoms with Crippen LogP contribution in [0, 0.1) is 16.7 Å². The quantitative estimate of drug-likeness (QED) is 0.877. The third-order valence-electron chi connectivity index (χ3n) is 6.19. The average molecular weight is 263 g/mol. The van der Waals surface area contributed by atoms with E-state index in [0.29, 0.717) is 22.6 Å². The molecule has 0 saturated heterocycles. The first-order valence-corrected chi connectivity index (χ1v) is 7.39. The highest BCUT2D eigenvalue weighted by Gasteiger charge is 2.60. The third-order valence-corrected chi connectivity index (χ3v) is 6.19. The topological polar surface area (TPSA) is 45.4 Å². The van der Waals surface area contributed by atoms with Gasteiger partial charge in [-0.2, -0.15) is 0 Å². The summed E-state index contributed by atoms with van der Waals surface area (Å²) in [6.45, 7) is 8.06. The predicted octanol–water partition coefficient (Wildman–Crippen LogP) is 3.08. The van der Waals surface area contributed by atoms with E-state index in [1.165, 1.54) is 19.3 Å². The van der Waals surface area contributed by atoms with Crippen molar-refractivity contribution >= 4 is 0 Å². The first-order valence-electron chi connectivity index (χ1n) is 7.39. The number of hydrogen-bond donors (Lipinski definition) is 2. The standard InChI is InChI=1S/C16H25NO2/c1-15(2)11-6-7-16(15,3)14(8-11)17-9-12-4-5-13(10-18)19-12/h4-5,11,14,17-18H,6-10H2,1-3H3. The van der Waals surface area contributed by atoms with Crippen molar-refractivity contribution in [2.45, 2.75) is 59.2 Å². The smallest absolute Gasteiger partial charge is 0.129 e. The van der Waals surface area contributed by atoms with Crippen molar-refractivity contribution in [1.29, 1.82) is 0 Å². The molecule has 2 aliphatic rings. The molecule has 0 spiro atoms. The van der Waals surface area contributed by atoms with Gasteiger partial charge in [-0.1, -0.05) is 20.8 Å². The Balaban J connectivity index is 1.66. The van der Waals surface area contributed by atoms with Crippen LogP contribution in [0.25, 0.3) is 0 Å². The van der Waals surface area contributed by atoms with Crippen LogP contribution in [0.1, 0.15) is 51.6 Å². The van der Waals surface area contributed by atoms with E-state index in [2.05, 4.69) is 26.1 Å². The number of rotatable bonds is 4. The molecule has 3 heteroatoms. The van der Waals surface area contributed by atoms with Crippen LogP contribution in [-0.4, -0.2) is 11.1 Å². The first kappa shape index (κ1) is 13.2. The SMILES string of the molecule is CC1(C)C2CCC1(C)C(NCc1ccc(CO)o1)C2. The van der Waals surface area contributed by atoms with Crippen LogP contribution in [0.5, 0.6) is 0 Å². The molecule has 19 heavy (non-hydrogen) atoms. The lowest BCUT2D eigenvalue weighted by Gasteiger charge is -2.39. The first-order chi connectivity index (χ1) is 8.97. The van der Waals surface area contributed by atoms with Crippen molar-refractivity contribution in [3.05, 3.63) is 23.7 Å². The van der Waals surface area contributed by atoms with Crippen LogP contribution < -0.4 is 5.32 Å². The van der Waals surface area contributed by atoms with Crippen LogP contribution in [0.4, 0.5) is 0 Å². The minimum absolute atomic E-state index is 0.0176. The molecule has 2 N–H and O–H groups in total. The largest absolute Gasteiger partial charge is 0.462 e. The van der Waals surface area contributed by atoms with Gasteiger partial charge in [0, 0.05) is 6.04 Å². The highest BCUT2D eigenvalue weighted by molar-refractivity contribution is 5.14. The maximum atomic E-state index is 9.01. The Hall–Kier alpha value is -0.800. The average Bonchev–Trinajstić information content (AvgIpc) is 2.97. The highest BCUT2D eigenvalue weighted by Crippen LogP contribution is 2.65. The highest BCUT2D eigenvalue weighted by atomic mass is 16.4. The van der Waals surface area contributed by atoms with Gasteiger partial charge in [-0.05, 0) is 48.1 Å². The monoisotopic (exact) mass is 263 g/mol. The fourth-order valence-corrected chi connectivity index (χ4v) is 4.34.